The molecule has 31 heavy (non-hydrogen) atoms. The molecule has 0 amide bonds. The minimum Gasteiger partial charge on any atom is -0.465 e. The van der Waals surface area contributed by atoms with Crippen LogP contribution in [-0.4, -0.2) is 19.6 Å². The van der Waals surface area contributed by atoms with Gasteiger partial charge < -0.3 is 10.1 Å². The number of esters is 1. The molecule has 0 aliphatic rings. The van der Waals surface area contributed by atoms with Crippen molar-refractivity contribution in [3.8, 4) is 0 Å². The van der Waals surface area contributed by atoms with Crippen LogP contribution in [0.15, 0.2) is 60.7 Å². The smallest absolute Gasteiger partial charge is 0.308 e. The number of carbonyl (C=O) groups is 1. The summed E-state index contributed by atoms with van der Waals surface area (Å²) in [6, 6.07) is 17.0. The lowest BCUT2D eigenvalue weighted by Crippen LogP contribution is -2.23. The number of rotatable bonds is 9. The molecule has 0 unspecified atom stereocenters. The largest absolute Gasteiger partial charge is 0.465 e. The molecule has 0 radical (unpaired) electrons. The molecular weight excluding hydrogens is 382 g/mol. The Morgan fingerprint density at radius 2 is 1.42 bits per heavy atom. The summed E-state index contributed by atoms with van der Waals surface area (Å²) in [6.45, 7) is 12.7. The molecular formula is C28H37NO2. The summed E-state index contributed by atoms with van der Waals surface area (Å²) in [5, 5.41) is 3.13. The Bertz CT molecular complexity index is 901. The Morgan fingerprint density at radius 3 is 1.90 bits per heavy atom. The van der Waals surface area contributed by atoms with E-state index >= 15 is 0 Å². The van der Waals surface area contributed by atoms with E-state index < -0.39 is 0 Å². The van der Waals surface area contributed by atoms with E-state index in [2.05, 4.69) is 106 Å². The Kier molecular flexibility index (Phi) is 8.27. The standard InChI is InChI=1S/C28H37NO2/c1-21(2)26(30)31-20-27(3,4)18-19-28(5,6)24-14-10-22(11-15-24)8-9-23-12-16-25(29-7)17-13-23/h8-19,21,29H,20H2,1-7H3/b9-8+,19-18+. The first-order valence-electron chi connectivity index (χ1n) is 11.0. The van der Waals surface area contributed by atoms with Gasteiger partial charge in [-0.2, -0.15) is 0 Å². The summed E-state index contributed by atoms with van der Waals surface area (Å²) in [5.41, 5.74) is 4.36. The van der Waals surface area contributed by atoms with Gasteiger partial charge in [0.1, 0.15) is 0 Å². The van der Waals surface area contributed by atoms with Gasteiger partial charge in [0.25, 0.3) is 0 Å². The zero-order valence-corrected chi connectivity index (χ0v) is 20.0. The van der Waals surface area contributed by atoms with E-state index in [4.69, 9.17) is 4.74 Å². The molecule has 3 nitrogen and oxygen atoms in total. The van der Waals surface area contributed by atoms with Crippen LogP contribution in [0.5, 0.6) is 0 Å². The quantitative estimate of drug-likeness (QED) is 0.271. The number of ether oxygens (including phenoxy) is 1. The highest BCUT2D eigenvalue weighted by molar-refractivity contribution is 5.71. The van der Waals surface area contributed by atoms with Gasteiger partial charge >= 0.3 is 5.97 Å². The van der Waals surface area contributed by atoms with Crippen molar-refractivity contribution in [2.75, 3.05) is 19.0 Å². The molecule has 0 aromatic heterocycles. The van der Waals surface area contributed by atoms with Gasteiger partial charge in [-0.3, -0.25) is 4.79 Å². The normalized spacial score (nSPS) is 12.6. The Labute approximate surface area is 188 Å². The average molecular weight is 420 g/mol. The molecule has 3 heteroatoms. The van der Waals surface area contributed by atoms with Gasteiger partial charge in [-0.1, -0.05) is 102 Å². The van der Waals surface area contributed by atoms with Crippen molar-refractivity contribution in [3.63, 3.8) is 0 Å². The Balaban J connectivity index is 2.03. The third kappa shape index (κ3) is 7.75. The second-order valence-corrected chi connectivity index (χ2v) is 9.63. The minimum absolute atomic E-state index is 0.100. The molecule has 166 valence electrons. The fourth-order valence-electron chi connectivity index (χ4n) is 2.98. The molecule has 1 N–H and O–H groups in total. The summed E-state index contributed by atoms with van der Waals surface area (Å²) in [6.07, 6.45) is 8.63. The zero-order valence-electron chi connectivity index (χ0n) is 20.0. The van der Waals surface area contributed by atoms with E-state index in [1.807, 2.05) is 20.9 Å². The van der Waals surface area contributed by atoms with Crippen molar-refractivity contribution < 1.29 is 9.53 Å². The monoisotopic (exact) mass is 419 g/mol. The Hall–Kier alpha value is -2.81. The SMILES string of the molecule is CNc1ccc(/C=C/c2ccc(C(C)(C)/C=C/C(C)(C)COC(=O)C(C)C)cc2)cc1. The summed E-state index contributed by atoms with van der Waals surface area (Å²) >= 11 is 0. The van der Waals surface area contributed by atoms with E-state index in [0.717, 1.165) is 5.69 Å². The van der Waals surface area contributed by atoms with Crippen LogP contribution in [0.25, 0.3) is 12.2 Å². The van der Waals surface area contributed by atoms with Crippen LogP contribution >= 0.6 is 0 Å². The van der Waals surface area contributed by atoms with E-state index in [0.29, 0.717) is 6.61 Å². The van der Waals surface area contributed by atoms with Crippen LogP contribution < -0.4 is 5.32 Å². The van der Waals surface area contributed by atoms with E-state index in [9.17, 15) is 4.79 Å². The highest BCUT2D eigenvalue weighted by Gasteiger charge is 2.22. The van der Waals surface area contributed by atoms with E-state index in [1.165, 1.54) is 16.7 Å². The van der Waals surface area contributed by atoms with Crippen LogP contribution in [0.1, 0.15) is 58.2 Å². The fraction of sp³-hybridized carbons (Fsp3) is 0.393. The molecule has 0 aliphatic carbocycles. The average Bonchev–Trinajstić information content (AvgIpc) is 2.75. The van der Waals surface area contributed by atoms with Gasteiger partial charge in [-0.15, -0.1) is 0 Å². The van der Waals surface area contributed by atoms with E-state index in [-0.39, 0.29) is 22.7 Å². The van der Waals surface area contributed by atoms with Gasteiger partial charge in [-0.05, 0) is 28.8 Å². The molecule has 0 saturated carbocycles. The van der Waals surface area contributed by atoms with Gasteiger partial charge in [-0.25, -0.2) is 0 Å². The summed E-state index contributed by atoms with van der Waals surface area (Å²) in [5.74, 6) is -0.251. The third-order valence-electron chi connectivity index (χ3n) is 5.33. The van der Waals surface area contributed by atoms with Crippen molar-refractivity contribution in [1.82, 2.24) is 0 Å². The van der Waals surface area contributed by atoms with Gasteiger partial charge in [0, 0.05) is 23.6 Å². The fourth-order valence-corrected chi connectivity index (χ4v) is 2.98. The molecule has 0 aliphatic heterocycles. The molecule has 2 aromatic rings. The molecule has 0 heterocycles. The predicted octanol–water partition coefficient (Wildman–Crippen LogP) is 6.96. The minimum atomic E-state index is -0.215. The summed E-state index contributed by atoms with van der Waals surface area (Å²) in [7, 11) is 1.92. The maximum absolute atomic E-state index is 11.8. The molecule has 0 saturated heterocycles. The molecule has 0 atom stereocenters. The number of carbonyl (C=O) groups excluding carboxylic acids is 1. The number of hydrogen-bond donors (Lipinski definition) is 1. The van der Waals surface area contributed by atoms with Crippen LogP contribution in [0, 0.1) is 11.3 Å². The lowest BCUT2D eigenvalue weighted by atomic mass is 9.81. The first kappa shape index (κ1) is 24.5. The highest BCUT2D eigenvalue weighted by Crippen LogP contribution is 2.28. The second kappa shape index (κ2) is 10.5. The van der Waals surface area contributed by atoms with Crippen molar-refractivity contribution in [1.29, 1.82) is 0 Å². The lowest BCUT2D eigenvalue weighted by molar-refractivity contribution is -0.149. The first-order chi connectivity index (χ1) is 14.5. The van der Waals surface area contributed by atoms with Gasteiger partial charge in [0.15, 0.2) is 0 Å². The van der Waals surface area contributed by atoms with Crippen molar-refractivity contribution in [2.24, 2.45) is 11.3 Å². The van der Waals surface area contributed by atoms with Crippen molar-refractivity contribution in [2.45, 2.75) is 47.0 Å². The maximum atomic E-state index is 11.8. The Morgan fingerprint density at radius 1 is 0.903 bits per heavy atom. The number of anilines is 1. The van der Waals surface area contributed by atoms with E-state index in [1.54, 1.807) is 0 Å². The number of allylic oxidation sites excluding steroid dienone is 1. The van der Waals surface area contributed by atoms with Crippen LogP contribution in [0.3, 0.4) is 0 Å². The lowest BCUT2D eigenvalue weighted by Gasteiger charge is -2.25. The zero-order chi connectivity index (χ0) is 23.1. The van der Waals surface area contributed by atoms with Crippen LogP contribution in [0.4, 0.5) is 5.69 Å². The van der Waals surface area contributed by atoms with Crippen molar-refractivity contribution >= 4 is 23.8 Å². The molecule has 0 bridgehead atoms. The topological polar surface area (TPSA) is 38.3 Å². The third-order valence-corrected chi connectivity index (χ3v) is 5.33. The number of nitrogens with one attached hydrogen (secondary N) is 1. The maximum Gasteiger partial charge on any atom is 0.308 e. The highest BCUT2D eigenvalue weighted by atomic mass is 16.5. The molecule has 2 aromatic carbocycles. The first-order valence-corrected chi connectivity index (χ1v) is 11.0. The second-order valence-electron chi connectivity index (χ2n) is 9.63. The van der Waals surface area contributed by atoms with Crippen LogP contribution in [-0.2, 0) is 14.9 Å². The van der Waals surface area contributed by atoms with Gasteiger partial charge in [0.05, 0.1) is 12.5 Å². The number of hydrogen-bond acceptors (Lipinski definition) is 3. The molecule has 0 spiro atoms. The summed E-state index contributed by atoms with van der Waals surface area (Å²) in [4.78, 5) is 11.8. The van der Waals surface area contributed by atoms with Crippen LogP contribution in [0.2, 0.25) is 0 Å². The number of benzene rings is 2. The predicted molar refractivity (Wildman–Crippen MR) is 133 cm³/mol. The molecule has 2 rings (SSSR count). The van der Waals surface area contributed by atoms with Gasteiger partial charge in [0.2, 0.25) is 0 Å². The molecule has 0 fully saturated rings. The van der Waals surface area contributed by atoms with Crippen molar-refractivity contribution in [3.05, 3.63) is 77.4 Å². The summed E-state index contributed by atoms with van der Waals surface area (Å²) < 4.78 is 5.43.